The van der Waals surface area contributed by atoms with E-state index in [1.807, 2.05) is 11.8 Å². The number of carbonyl (C=O) groups is 1. The van der Waals surface area contributed by atoms with E-state index < -0.39 is 0 Å². The number of aryl methyl sites for hydroxylation is 2. The molecule has 2 aromatic rings. The summed E-state index contributed by atoms with van der Waals surface area (Å²) in [6, 6.07) is 10.5. The van der Waals surface area contributed by atoms with Crippen molar-refractivity contribution in [2.45, 2.75) is 60.3 Å². The number of benzene rings is 1. The molecule has 0 aliphatic carbocycles. The zero-order valence-corrected chi connectivity index (χ0v) is 19.2. The van der Waals surface area contributed by atoms with Crippen LogP contribution in [0.3, 0.4) is 0 Å². The Hall–Kier alpha value is -2.43. The van der Waals surface area contributed by atoms with Gasteiger partial charge in [-0.25, -0.2) is 9.97 Å². The van der Waals surface area contributed by atoms with Crippen LogP contribution in [-0.2, 0) is 17.6 Å². The summed E-state index contributed by atoms with van der Waals surface area (Å²) in [5.41, 5.74) is 3.65. The van der Waals surface area contributed by atoms with Crippen molar-refractivity contribution in [1.29, 1.82) is 0 Å². The predicted octanol–water partition coefficient (Wildman–Crippen LogP) is 4.41. The van der Waals surface area contributed by atoms with E-state index in [0.29, 0.717) is 6.42 Å². The fourth-order valence-corrected chi connectivity index (χ4v) is 4.12. The van der Waals surface area contributed by atoms with E-state index >= 15 is 0 Å². The predicted molar refractivity (Wildman–Crippen MR) is 123 cm³/mol. The molecule has 0 atom stereocenters. The monoisotopic (exact) mass is 408 g/mol. The molecule has 1 amide bonds. The quantitative estimate of drug-likeness (QED) is 0.735. The molecule has 1 aromatic carbocycles. The summed E-state index contributed by atoms with van der Waals surface area (Å²) in [6.45, 7) is 13.8. The summed E-state index contributed by atoms with van der Waals surface area (Å²) >= 11 is 0. The van der Waals surface area contributed by atoms with Crippen LogP contribution in [0.15, 0.2) is 30.3 Å². The fourth-order valence-electron chi connectivity index (χ4n) is 4.12. The number of rotatable bonds is 5. The van der Waals surface area contributed by atoms with E-state index in [-0.39, 0.29) is 11.3 Å². The van der Waals surface area contributed by atoms with Crippen LogP contribution in [0.5, 0.6) is 0 Å². The Balaban J connectivity index is 1.84. The number of hydrogen-bond acceptors (Lipinski definition) is 4. The molecule has 162 valence electrons. The largest absolute Gasteiger partial charge is 0.354 e. The Kier molecular flexibility index (Phi) is 7.11. The number of anilines is 1. The third-order valence-electron chi connectivity index (χ3n) is 5.57. The third kappa shape index (κ3) is 5.80. The highest BCUT2D eigenvalue weighted by Crippen LogP contribution is 2.26. The second-order valence-corrected chi connectivity index (χ2v) is 9.49. The summed E-state index contributed by atoms with van der Waals surface area (Å²) in [5, 5.41) is 0. The van der Waals surface area contributed by atoms with E-state index in [1.54, 1.807) is 0 Å². The van der Waals surface area contributed by atoms with Crippen LogP contribution in [0.1, 0.15) is 63.2 Å². The Morgan fingerprint density at radius 2 is 1.77 bits per heavy atom. The van der Waals surface area contributed by atoms with Crippen molar-refractivity contribution < 1.29 is 4.79 Å². The lowest BCUT2D eigenvalue weighted by Gasteiger charge is -2.27. The van der Waals surface area contributed by atoms with Crippen molar-refractivity contribution in [3.05, 3.63) is 53.0 Å². The van der Waals surface area contributed by atoms with Gasteiger partial charge in [-0.05, 0) is 30.7 Å². The van der Waals surface area contributed by atoms with Gasteiger partial charge in [-0.2, -0.15) is 0 Å². The van der Waals surface area contributed by atoms with Gasteiger partial charge < -0.3 is 9.80 Å². The molecule has 0 bridgehead atoms. The highest BCUT2D eigenvalue weighted by Gasteiger charge is 2.25. The van der Waals surface area contributed by atoms with E-state index in [0.717, 1.165) is 62.8 Å². The topological polar surface area (TPSA) is 49.3 Å². The molecule has 2 heterocycles. The summed E-state index contributed by atoms with van der Waals surface area (Å²) in [5.74, 6) is 2.14. The van der Waals surface area contributed by atoms with Crippen LogP contribution in [0.2, 0.25) is 0 Å². The Labute approximate surface area is 181 Å². The minimum atomic E-state index is 0.0196. The fraction of sp³-hybridized carbons (Fsp3) is 0.560. The third-order valence-corrected chi connectivity index (χ3v) is 5.57. The first kappa shape index (κ1) is 22.3. The maximum Gasteiger partial charge on any atom is 0.223 e. The van der Waals surface area contributed by atoms with Crippen molar-refractivity contribution in [3.8, 4) is 0 Å². The van der Waals surface area contributed by atoms with Gasteiger partial charge in [-0.3, -0.25) is 4.79 Å². The molecule has 1 aliphatic rings. The number of nitrogens with zero attached hydrogens (tertiary/aromatic N) is 4. The Morgan fingerprint density at radius 1 is 1.03 bits per heavy atom. The lowest BCUT2D eigenvalue weighted by atomic mass is 9.91. The smallest absolute Gasteiger partial charge is 0.223 e. The number of carbonyl (C=O) groups excluding carboxylic acids is 1. The molecule has 1 fully saturated rings. The maximum atomic E-state index is 12.8. The lowest BCUT2D eigenvalue weighted by Crippen LogP contribution is -2.37. The van der Waals surface area contributed by atoms with Crippen LogP contribution in [0, 0.1) is 12.3 Å². The SMILES string of the molecule is CCc1nc(C)nc(N2CCCN(C(=O)CC(C)(C)C)CC2)c1Cc1ccccc1. The zero-order chi connectivity index (χ0) is 21.7. The van der Waals surface area contributed by atoms with Crippen molar-refractivity contribution in [2.75, 3.05) is 31.1 Å². The summed E-state index contributed by atoms with van der Waals surface area (Å²) in [6.07, 6.45) is 3.29. The van der Waals surface area contributed by atoms with Crippen molar-refractivity contribution in [2.24, 2.45) is 5.41 Å². The molecule has 0 radical (unpaired) electrons. The molecule has 5 nitrogen and oxygen atoms in total. The van der Waals surface area contributed by atoms with Gasteiger partial charge in [0.25, 0.3) is 0 Å². The second kappa shape index (κ2) is 9.59. The molecule has 1 aliphatic heterocycles. The zero-order valence-electron chi connectivity index (χ0n) is 19.2. The molecule has 1 aromatic heterocycles. The highest BCUT2D eigenvalue weighted by atomic mass is 16.2. The van der Waals surface area contributed by atoms with E-state index in [1.165, 1.54) is 11.1 Å². The van der Waals surface area contributed by atoms with Gasteiger partial charge in [0.05, 0.1) is 0 Å². The van der Waals surface area contributed by atoms with Crippen molar-refractivity contribution in [3.63, 3.8) is 0 Å². The molecule has 0 unspecified atom stereocenters. The van der Waals surface area contributed by atoms with E-state index in [9.17, 15) is 4.79 Å². The molecule has 1 saturated heterocycles. The van der Waals surface area contributed by atoms with Crippen LogP contribution in [0.25, 0.3) is 0 Å². The van der Waals surface area contributed by atoms with Gasteiger partial charge in [-0.15, -0.1) is 0 Å². The van der Waals surface area contributed by atoms with Crippen molar-refractivity contribution in [1.82, 2.24) is 14.9 Å². The summed E-state index contributed by atoms with van der Waals surface area (Å²) in [4.78, 5) is 26.8. The van der Waals surface area contributed by atoms with Crippen LogP contribution in [0.4, 0.5) is 5.82 Å². The number of aromatic nitrogens is 2. The average molecular weight is 409 g/mol. The Bertz CT molecular complexity index is 857. The Morgan fingerprint density at radius 3 is 2.43 bits per heavy atom. The molecule has 0 saturated carbocycles. The summed E-state index contributed by atoms with van der Waals surface area (Å²) < 4.78 is 0. The van der Waals surface area contributed by atoms with Gasteiger partial charge in [0.15, 0.2) is 0 Å². The van der Waals surface area contributed by atoms with Gasteiger partial charge in [0.2, 0.25) is 5.91 Å². The molecule has 3 rings (SSSR count). The maximum absolute atomic E-state index is 12.8. The molecule has 0 N–H and O–H groups in total. The first-order valence-electron chi connectivity index (χ1n) is 11.2. The molecule has 5 heteroatoms. The highest BCUT2D eigenvalue weighted by molar-refractivity contribution is 5.77. The first-order chi connectivity index (χ1) is 14.3. The van der Waals surface area contributed by atoms with Gasteiger partial charge >= 0.3 is 0 Å². The van der Waals surface area contributed by atoms with Crippen LogP contribution < -0.4 is 4.90 Å². The molecular formula is C25H36N4O. The molecule has 30 heavy (non-hydrogen) atoms. The lowest BCUT2D eigenvalue weighted by molar-refractivity contribution is -0.132. The summed E-state index contributed by atoms with van der Waals surface area (Å²) in [7, 11) is 0. The van der Waals surface area contributed by atoms with E-state index in [4.69, 9.17) is 9.97 Å². The van der Waals surface area contributed by atoms with Gasteiger partial charge in [0.1, 0.15) is 11.6 Å². The average Bonchev–Trinajstić information content (AvgIpc) is 2.95. The number of amides is 1. The second-order valence-electron chi connectivity index (χ2n) is 9.49. The standard InChI is InChI=1S/C25H36N4O/c1-6-22-21(17-20-11-8-7-9-12-20)24(27-19(2)26-22)29-14-10-13-28(15-16-29)23(30)18-25(3,4)5/h7-9,11-12H,6,10,13-18H2,1-5H3. The minimum Gasteiger partial charge on any atom is -0.354 e. The molecular weight excluding hydrogens is 372 g/mol. The van der Waals surface area contributed by atoms with Gasteiger partial charge in [0, 0.05) is 50.3 Å². The molecule has 0 spiro atoms. The van der Waals surface area contributed by atoms with Crippen molar-refractivity contribution >= 4 is 11.7 Å². The van der Waals surface area contributed by atoms with Crippen LogP contribution >= 0.6 is 0 Å². The minimum absolute atomic E-state index is 0.0196. The van der Waals surface area contributed by atoms with E-state index in [2.05, 4.69) is 62.9 Å². The number of hydrogen-bond donors (Lipinski definition) is 0. The first-order valence-corrected chi connectivity index (χ1v) is 11.2. The normalized spacial score (nSPS) is 15.2. The van der Waals surface area contributed by atoms with Gasteiger partial charge in [-0.1, -0.05) is 58.0 Å². The van der Waals surface area contributed by atoms with Crippen LogP contribution in [-0.4, -0.2) is 47.0 Å².